The Morgan fingerprint density at radius 1 is 1.17 bits per heavy atom. The van der Waals surface area contributed by atoms with Crippen molar-refractivity contribution in [2.24, 2.45) is 4.99 Å². The van der Waals surface area contributed by atoms with Crippen LogP contribution in [0.15, 0.2) is 35.6 Å². The summed E-state index contributed by atoms with van der Waals surface area (Å²) in [6.07, 6.45) is 3.55. The van der Waals surface area contributed by atoms with Crippen molar-refractivity contribution in [3.05, 3.63) is 36.3 Å². The van der Waals surface area contributed by atoms with Crippen molar-refractivity contribution in [1.82, 2.24) is 19.6 Å². The number of nitrogens with zero attached hydrogens (tertiary/aromatic N) is 5. The van der Waals surface area contributed by atoms with Crippen LogP contribution in [0, 0.1) is 6.92 Å². The summed E-state index contributed by atoms with van der Waals surface area (Å²) in [4.78, 5) is 13.1. The molecule has 0 aromatic carbocycles. The largest absolute Gasteiger partial charge is 0.367 e. The number of anilines is 1. The topological polar surface area (TPSA) is 81.5 Å². The molecule has 3 aromatic heterocycles. The van der Waals surface area contributed by atoms with E-state index in [1.54, 1.807) is 10.7 Å². The minimum absolute atomic E-state index is 0.247. The first-order valence-electron chi connectivity index (χ1n) is 7.64. The summed E-state index contributed by atoms with van der Waals surface area (Å²) in [7, 11) is 0. The van der Waals surface area contributed by atoms with Crippen LogP contribution in [0.1, 0.15) is 33.4 Å². The van der Waals surface area contributed by atoms with Gasteiger partial charge in [-0.25, -0.2) is 9.50 Å². The highest BCUT2D eigenvalue weighted by Crippen LogP contribution is 2.27. The molecule has 0 spiro atoms. The predicted molar refractivity (Wildman–Crippen MR) is 95.2 cm³/mol. The van der Waals surface area contributed by atoms with Gasteiger partial charge in [0.2, 0.25) is 5.95 Å². The molecule has 0 atom stereocenters. The third-order valence-corrected chi connectivity index (χ3v) is 3.11. The van der Waals surface area contributed by atoms with Gasteiger partial charge in [0, 0.05) is 17.5 Å². The lowest BCUT2D eigenvalue weighted by atomic mass is 10.1. The van der Waals surface area contributed by atoms with Gasteiger partial charge in [0.1, 0.15) is 0 Å². The van der Waals surface area contributed by atoms with E-state index in [1.165, 1.54) is 0 Å². The predicted octanol–water partition coefficient (Wildman–Crippen LogP) is 3.82. The molecule has 23 heavy (non-hydrogen) atoms. The molecule has 120 valence electrons. The molecule has 2 N–H and O–H groups in total. The highest BCUT2D eigenvalue weighted by Gasteiger charge is 2.09. The first-order valence-corrected chi connectivity index (χ1v) is 7.64. The molecule has 0 aliphatic carbocycles. The molecule has 0 fully saturated rings. The summed E-state index contributed by atoms with van der Waals surface area (Å²) in [5.41, 5.74) is 11.1. The van der Waals surface area contributed by atoms with E-state index in [2.05, 4.69) is 20.1 Å². The van der Waals surface area contributed by atoms with Crippen LogP contribution in [0.4, 0.5) is 11.6 Å². The van der Waals surface area contributed by atoms with Crippen LogP contribution in [-0.2, 0) is 0 Å². The van der Waals surface area contributed by atoms with E-state index in [1.807, 2.05) is 59.0 Å². The Labute approximate surface area is 136 Å². The summed E-state index contributed by atoms with van der Waals surface area (Å²) in [6, 6.07) is 5.89. The van der Waals surface area contributed by atoms with Crippen LogP contribution in [-0.4, -0.2) is 25.3 Å². The van der Waals surface area contributed by atoms with Crippen molar-refractivity contribution < 1.29 is 0 Å². The first kappa shape index (κ1) is 16.6. The SMILES string of the molecule is CC.CC(C)=Nc1ccc(-c2ccn3nc(N)ncc23)nc1C. The van der Waals surface area contributed by atoms with Gasteiger partial charge in [-0.2, -0.15) is 0 Å². The van der Waals surface area contributed by atoms with Crippen LogP contribution < -0.4 is 5.73 Å². The van der Waals surface area contributed by atoms with Crippen molar-refractivity contribution in [3.63, 3.8) is 0 Å². The van der Waals surface area contributed by atoms with Crippen LogP contribution in [0.2, 0.25) is 0 Å². The molecule has 3 aromatic rings. The lowest BCUT2D eigenvalue weighted by Crippen LogP contribution is -1.99. The van der Waals surface area contributed by atoms with Crippen molar-refractivity contribution in [2.75, 3.05) is 5.73 Å². The van der Waals surface area contributed by atoms with Crippen molar-refractivity contribution in [3.8, 4) is 11.3 Å². The molecule has 3 rings (SSSR count). The van der Waals surface area contributed by atoms with Gasteiger partial charge in [-0.3, -0.25) is 9.98 Å². The average molecular weight is 310 g/mol. The van der Waals surface area contributed by atoms with Crippen molar-refractivity contribution in [1.29, 1.82) is 0 Å². The summed E-state index contributed by atoms with van der Waals surface area (Å²) in [6.45, 7) is 9.89. The fourth-order valence-electron chi connectivity index (χ4n) is 2.19. The van der Waals surface area contributed by atoms with E-state index < -0.39 is 0 Å². The van der Waals surface area contributed by atoms with Crippen molar-refractivity contribution >= 4 is 22.9 Å². The molecule has 0 aliphatic rings. The maximum Gasteiger partial charge on any atom is 0.238 e. The lowest BCUT2D eigenvalue weighted by Gasteiger charge is -2.04. The van der Waals surface area contributed by atoms with Crippen LogP contribution in [0.25, 0.3) is 16.8 Å². The van der Waals surface area contributed by atoms with Gasteiger partial charge >= 0.3 is 0 Å². The second-order valence-corrected chi connectivity index (χ2v) is 5.04. The number of pyridine rings is 1. The number of aliphatic imine (C=N–C) groups is 1. The zero-order valence-corrected chi connectivity index (χ0v) is 14.2. The summed E-state index contributed by atoms with van der Waals surface area (Å²) in [5, 5.41) is 4.13. The smallest absolute Gasteiger partial charge is 0.238 e. The van der Waals surface area contributed by atoms with Crippen LogP contribution in [0.3, 0.4) is 0 Å². The standard InChI is InChI=1S/C15H16N6.C2H6/c1-9(2)18-12-4-5-13(19-10(12)3)11-6-7-21-14(11)8-17-15(16)20-21;1-2/h4-8H,1-3H3,(H2,16,20);1-2H3. The molecule has 6 heteroatoms. The quantitative estimate of drug-likeness (QED) is 0.729. The Kier molecular flexibility index (Phi) is 5.05. The summed E-state index contributed by atoms with van der Waals surface area (Å²) >= 11 is 0. The Morgan fingerprint density at radius 3 is 2.57 bits per heavy atom. The second kappa shape index (κ2) is 7.00. The average Bonchev–Trinajstić information content (AvgIpc) is 2.94. The molecule has 0 saturated heterocycles. The minimum Gasteiger partial charge on any atom is -0.367 e. The number of nitrogens with two attached hydrogens (primary N) is 1. The zero-order chi connectivity index (χ0) is 17.0. The third kappa shape index (κ3) is 3.53. The van der Waals surface area contributed by atoms with E-state index >= 15 is 0 Å². The van der Waals surface area contributed by atoms with Crippen molar-refractivity contribution in [2.45, 2.75) is 34.6 Å². The molecular weight excluding hydrogens is 288 g/mol. The molecule has 0 aliphatic heterocycles. The number of fused-ring (bicyclic) bond motifs is 1. The maximum atomic E-state index is 5.59. The van der Waals surface area contributed by atoms with Crippen LogP contribution >= 0.6 is 0 Å². The fourth-order valence-corrected chi connectivity index (χ4v) is 2.19. The molecule has 0 amide bonds. The number of aromatic nitrogens is 4. The molecule has 0 bridgehead atoms. The van der Waals surface area contributed by atoms with Crippen LogP contribution in [0.5, 0.6) is 0 Å². The van der Waals surface area contributed by atoms with E-state index in [-0.39, 0.29) is 5.95 Å². The summed E-state index contributed by atoms with van der Waals surface area (Å²) < 4.78 is 1.71. The monoisotopic (exact) mass is 310 g/mol. The molecule has 6 nitrogen and oxygen atoms in total. The van der Waals surface area contributed by atoms with Gasteiger partial charge in [-0.05, 0) is 39.0 Å². The summed E-state index contributed by atoms with van der Waals surface area (Å²) in [5.74, 6) is 0.247. The number of hydrogen-bond donors (Lipinski definition) is 1. The van der Waals surface area contributed by atoms with E-state index in [4.69, 9.17) is 5.73 Å². The number of hydrogen-bond acceptors (Lipinski definition) is 5. The number of aryl methyl sites for hydroxylation is 1. The highest BCUT2D eigenvalue weighted by molar-refractivity contribution is 5.83. The van der Waals surface area contributed by atoms with Gasteiger partial charge in [0.25, 0.3) is 0 Å². The minimum atomic E-state index is 0.247. The maximum absolute atomic E-state index is 5.59. The zero-order valence-electron chi connectivity index (χ0n) is 14.2. The first-order chi connectivity index (χ1) is 11.0. The number of rotatable bonds is 2. The molecular formula is C17H22N6. The fraction of sp³-hybridized carbons (Fsp3) is 0.294. The third-order valence-electron chi connectivity index (χ3n) is 3.11. The highest BCUT2D eigenvalue weighted by atomic mass is 15.3. The molecule has 0 radical (unpaired) electrons. The van der Waals surface area contributed by atoms with Gasteiger partial charge < -0.3 is 5.73 Å². The molecule has 0 unspecified atom stereocenters. The second-order valence-electron chi connectivity index (χ2n) is 5.04. The normalized spacial score (nSPS) is 10.1. The Bertz CT molecular complexity index is 843. The van der Waals surface area contributed by atoms with E-state index in [0.29, 0.717) is 0 Å². The van der Waals surface area contributed by atoms with Gasteiger partial charge in [0.05, 0.1) is 28.8 Å². The van der Waals surface area contributed by atoms with Gasteiger partial charge in [-0.15, -0.1) is 5.10 Å². The Hall–Kier alpha value is -2.76. The van der Waals surface area contributed by atoms with E-state index in [0.717, 1.165) is 33.9 Å². The molecule has 3 heterocycles. The number of nitrogen functional groups attached to an aromatic ring is 1. The van der Waals surface area contributed by atoms with Gasteiger partial charge in [-0.1, -0.05) is 13.8 Å². The van der Waals surface area contributed by atoms with Gasteiger partial charge in [0.15, 0.2) is 0 Å². The van der Waals surface area contributed by atoms with E-state index in [9.17, 15) is 0 Å². The lowest BCUT2D eigenvalue weighted by molar-refractivity contribution is 0.917. The molecule has 0 saturated carbocycles. The Balaban J connectivity index is 0.000000924. The Morgan fingerprint density at radius 2 is 1.91 bits per heavy atom.